The summed E-state index contributed by atoms with van der Waals surface area (Å²) in [4.78, 5) is 26.5. The molecule has 0 saturated carbocycles. The van der Waals surface area contributed by atoms with Crippen LogP contribution in [0.1, 0.15) is 23.6 Å². The molecule has 3 aromatic rings. The summed E-state index contributed by atoms with van der Waals surface area (Å²) in [6, 6.07) is 20.9. The van der Waals surface area contributed by atoms with Gasteiger partial charge in [0.25, 0.3) is 5.91 Å². The number of rotatable bonds is 6. The van der Waals surface area contributed by atoms with Crippen molar-refractivity contribution in [2.45, 2.75) is 13.5 Å². The Bertz CT molecular complexity index is 1230. The quantitative estimate of drug-likeness (QED) is 0.437. The number of hydrogen-bond acceptors (Lipinski definition) is 4. The van der Waals surface area contributed by atoms with Gasteiger partial charge < -0.3 is 20.9 Å². The van der Waals surface area contributed by atoms with Gasteiger partial charge in [0, 0.05) is 35.4 Å². The molecular formula is C26H25ClN4O2. The third-order valence-corrected chi connectivity index (χ3v) is 5.43. The van der Waals surface area contributed by atoms with Crippen LogP contribution in [0.4, 0.5) is 17.1 Å². The van der Waals surface area contributed by atoms with Crippen LogP contribution in [0.2, 0.25) is 5.02 Å². The molecule has 0 spiro atoms. The Morgan fingerprint density at radius 2 is 1.58 bits per heavy atom. The van der Waals surface area contributed by atoms with Gasteiger partial charge in [-0.1, -0.05) is 41.9 Å². The van der Waals surface area contributed by atoms with E-state index in [1.54, 1.807) is 12.1 Å². The second-order valence-corrected chi connectivity index (χ2v) is 8.65. The molecule has 6 nitrogen and oxygen atoms in total. The van der Waals surface area contributed by atoms with Crippen molar-refractivity contribution in [3.05, 3.63) is 88.4 Å². The van der Waals surface area contributed by atoms with E-state index >= 15 is 0 Å². The van der Waals surface area contributed by atoms with Gasteiger partial charge >= 0.3 is 0 Å². The number of anilines is 3. The van der Waals surface area contributed by atoms with Crippen LogP contribution >= 0.6 is 11.6 Å². The molecule has 0 radical (unpaired) electrons. The number of hydrogen-bond donors (Lipinski definition) is 3. The summed E-state index contributed by atoms with van der Waals surface area (Å²) in [6.07, 6.45) is 0. The van der Waals surface area contributed by atoms with E-state index in [2.05, 4.69) is 33.0 Å². The molecule has 0 saturated heterocycles. The topological polar surface area (TPSA) is 73.5 Å². The number of carbonyl (C=O) groups is 2. The zero-order valence-electron chi connectivity index (χ0n) is 18.7. The first kappa shape index (κ1) is 22.6. The van der Waals surface area contributed by atoms with Gasteiger partial charge in [-0.25, -0.2) is 0 Å². The minimum atomic E-state index is -0.204. The van der Waals surface area contributed by atoms with E-state index in [9.17, 15) is 9.59 Å². The SMILES string of the molecule is CC(=O)Nc1ccc(C(Nc2ccc(CN(C)C)cc2)=C2C(=O)Nc3cc(Cl)ccc32)cc1. The first-order valence-electron chi connectivity index (χ1n) is 10.5. The van der Waals surface area contributed by atoms with Gasteiger partial charge in [0.05, 0.1) is 17.0 Å². The molecule has 3 aromatic carbocycles. The van der Waals surface area contributed by atoms with E-state index in [1.165, 1.54) is 12.5 Å². The van der Waals surface area contributed by atoms with E-state index in [-0.39, 0.29) is 11.8 Å². The van der Waals surface area contributed by atoms with Crippen molar-refractivity contribution < 1.29 is 9.59 Å². The molecule has 0 aliphatic carbocycles. The Balaban J connectivity index is 1.77. The highest BCUT2D eigenvalue weighted by Gasteiger charge is 2.28. The van der Waals surface area contributed by atoms with Crippen molar-refractivity contribution in [2.24, 2.45) is 0 Å². The Kier molecular flexibility index (Phi) is 6.49. The van der Waals surface area contributed by atoms with Crippen molar-refractivity contribution >= 4 is 51.7 Å². The zero-order valence-corrected chi connectivity index (χ0v) is 19.5. The minimum Gasteiger partial charge on any atom is -0.354 e. The fraction of sp³-hybridized carbons (Fsp3) is 0.154. The Morgan fingerprint density at radius 3 is 2.21 bits per heavy atom. The lowest BCUT2D eigenvalue weighted by Crippen LogP contribution is -2.11. The van der Waals surface area contributed by atoms with Crippen LogP contribution in [0.5, 0.6) is 0 Å². The van der Waals surface area contributed by atoms with Crippen molar-refractivity contribution in [3.8, 4) is 0 Å². The number of fused-ring (bicyclic) bond motifs is 1. The standard InChI is InChI=1S/C26H25ClN4O2/c1-16(32)28-20-11-6-18(7-12-20)25(29-21-9-4-17(5-10-21)15-31(2)3)24-22-13-8-19(27)14-23(22)30-26(24)33/h4-14,29H,15H2,1-3H3,(H,28,32)(H,30,33). The van der Waals surface area contributed by atoms with Gasteiger partial charge in [0.15, 0.2) is 0 Å². The normalized spacial score (nSPS) is 14.0. The van der Waals surface area contributed by atoms with Gasteiger partial charge in [0.1, 0.15) is 0 Å². The fourth-order valence-electron chi connectivity index (χ4n) is 3.80. The van der Waals surface area contributed by atoms with E-state index in [0.29, 0.717) is 27.7 Å². The first-order chi connectivity index (χ1) is 15.8. The highest BCUT2D eigenvalue weighted by molar-refractivity contribution is 6.38. The smallest absolute Gasteiger partial charge is 0.258 e. The van der Waals surface area contributed by atoms with Gasteiger partial charge in [-0.3, -0.25) is 9.59 Å². The zero-order chi connectivity index (χ0) is 23.5. The highest BCUT2D eigenvalue weighted by atomic mass is 35.5. The molecule has 7 heteroatoms. The summed E-state index contributed by atoms with van der Waals surface area (Å²) in [7, 11) is 4.06. The number of benzene rings is 3. The number of nitrogens with one attached hydrogen (secondary N) is 3. The maximum absolute atomic E-state index is 13.0. The third-order valence-electron chi connectivity index (χ3n) is 5.19. The van der Waals surface area contributed by atoms with E-state index in [4.69, 9.17) is 11.6 Å². The van der Waals surface area contributed by atoms with Crippen LogP contribution in [-0.4, -0.2) is 30.8 Å². The first-order valence-corrected chi connectivity index (χ1v) is 10.9. The molecule has 0 bridgehead atoms. The highest BCUT2D eigenvalue weighted by Crippen LogP contribution is 2.39. The average molecular weight is 461 g/mol. The molecule has 168 valence electrons. The molecule has 3 N–H and O–H groups in total. The predicted octanol–water partition coefficient (Wildman–Crippen LogP) is 5.29. The molecule has 0 fully saturated rings. The second-order valence-electron chi connectivity index (χ2n) is 8.21. The van der Waals surface area contributed by atoms with Crippen molar-refractivity contribution in [1.82, 2.24) is 4.90 Å². The lowest BCUT2D eigenvalue weighted by molar-refractivity contribution is -0.114. The summed E-state index contributed by atoms with van der Waals surface area (Å²) < 4.78 is 0. The molecule has 4 rings (SSSR count). The van der Waals surface area contributed by atoms with E-state index in [1.807, 2.05) is 56.6 Å². The molecule has 1 aliphatic heterocycles. The summed E-state index contributed by atoms with van der Waals surface area (Å²) in [5, 5.41) is 9.68. The molecule has 2 amide bonds. The Hall–Kier alpha value is -3.61. The molecular weight excluding hydrogens is 436 g/mol. The van der Waals surface area contributed by atoms with E-state index in [0.717, 1.165) is 23.4 Å². The van der Waals surface area contributed by atoms with Gasteiger partial charge in [-0.15, -0.1) is 0 Å². The van der Waals surface area contributed by atoms with Crippen LogP contribution in [0.15, 0.2) is 66.7 Å². The number of nitrogens with zero attached hydrogens (tertiary/aromatic N) is 1. The van der Waals surface area contributed by atoms with Crippen LogP contribution in [0.25, 0.3) is 11.3 Å². The molecule has 0 atom stereocenters. The summed E-state index contributed by atoms with van der Waals surface area (Å²) in [6.45, 7) is 2.31. The molecule has 33 heavy (non-hydrogen) atoms. The second kappa shape index (κ2) is 9.48. The van der Waals surface area contributed by atoms with Crippen molar-refractivity contribution in [1.29, 1.82) is 0 Å². The van der Waals surface area contributed by atoms with Gasteiger partial charge in [-0.05, 0) is 61.6 Å². The van der Waals surface area contributed by atoms with Crippen LogP contribution in [-0.2, 0) is 16.1 Å². The maximum atomic E-state index is 13.0. The number of halogens is 1. The molecule has 0 unspecified atom stereocenters. The molecule has 1 heterocycles. The number of carbonyl (C=O) groups excluding carboxylic acids is 2. The fourth-order valence-corrected chi connectivity index (χ4v) is 3.97. The average Bonchev–Trinajstić information content (AvgIpc) is 3.07. The van der Waals surface area contributed by atoms with Crippen LogP contribution in [0.3, 0.4) is 0 Å². The van der Waals surface area contributed by atoms with Crippen molar-refractivity contribution in [3.63, 3.8) is 0 Å². The molecule has 0 aromatic heterocycles. The number of amides is 2. The van der Waals surface area contributed by atoms with Crippen LogP contribution < -0.4 is 16.0 Å². The van der Waals surface area contributed by atoms with Gasteiger partial charge in [-0.2, -0.15) is 0 Å². The summed E-state index contributed by atoms with van der Waals surface area (Å²) >= 11 is 6.13. The molecule has 1 aliphatic rings. The van der Waals surface area contributed by atoms with Gasteiger partial charge in [0.2, 0.25) is 5.91 Å². The summed E-state index contributed by atoms with van der Waals surface area (Å²) in [5.41, 5.74) is 6.22. The lowest BCUT2D eigenvalue weighted by atomic mass is 9.99. The summed E-state index contributed by atoms with van der Waals surface area (Å²) in [5.74, 6) is -0.344. The Labute approximate surface area is 198 Å². The minimum absolute atomic E-state index is 0.141. The predicted molar refractivity (Wildman–Crippen MR) is 135 cm³/mol. The maximum Gasteiger partial charge on any atom is 0.258 e. The monoisotopic (exact) mass is 460 g/mol. The Morgan fingerprint density at radius 1 is 0.939 bits per heavy atom. The lowest BCUT2D eigenvalue weighted by Gasteiger charge is -2.16. The largest absolute Gasteiger partial charge is 0.354 e. The third kappa shape index (κ3) is 5.25. The van der Waals surface area contributed by atoms with Crippen LogP contribution in [0, 0.1) is 0 Å². The van der Waals surface area contributed by atoms with E-state index < -0.39 is 0 Å². The van der Waals surface area contributed by atoms with Crippen molar-refractivity contribution in [2.75, 3.05) is 30.0 Å².